The molecular weight excluding hydrogens is 403 g/mol. The second-order valence-electron chi connectivity index (χ2n) is 10.9. The molecule has 0 aromatic rings. The van der Waals surface area contributed by atoms with E-state index in [1.54, 1.807) is 26.8 Å². The lowest BCUT2D eigenvalue weighted by Gasteiger charge is -2.62. The topological polar surface area (TPSA) is 93.1 Å². The van der Waals surface area contributed by atoms with Gasteiger partial charge in [0.25, 0.3) is 0 Å². The van der Waals surface area contributed by atoms with Crippen molar-refractivity contribution in [3.05, 3.63) is 23.8 Å². The predicted octanol–water partition coefficient (Wildman–Crippen LogP) is 2.42. The second-order valence-corrected chi connectivity index (χ2v) is 10.9. The maximum atomic E-state index is 17.1. The van der Waals surface area contributed by atoms with Crippen LogP contribution in [0.1, 0.15) is 53.4 Å². The van der Waals surface area contributed by atoms with Gasteiger partial charge in [0.05, 0.1) is 12.2 Å². The molecule has 0 spiro atoms. The van der Waals surface area contributed by atoms with Crippen LogP contribution >= 0.6 is 0 Å². The molecule has 0 amide bonds. The van der Waals surface area contributed by atoms with Crippen LogP contribution < -0.4 is 0 Å². The summed E-state index contributed by atoms with van der Waals surface area (Å²) in [5, 5.41) is 21.2. The van der Waals surface area contributed by atoms with E-state index in [0.717, 1.165) is 5.57 Å². The third-order valence-electron chi connectivity index (χ3n) is 9.19. The zero-order valence-electron chi connectivity index (χ0n) is 18.5. The van der Waals surface area contributed by atoms with Crippen LogP contribution in [0.5, 0.6) is 0 Å². The van der Waals surface area contributed by atoms with Crippen molar-refractivity contribution < 1.29 is 33.7 Å². The van der Waals surface area contributed by atoms with Crippen LogP contribution in [0.15, 0.2) is 23.8 Å². The summed E-state index contributed by atoms with van der Waals surface area (Å²) in [5.74, 6) is -2.46. The minimum absolute atomic E-state index is 0.0109. The van der Waals surface area contributed by atoms with Crippen molar-refractivity contribution in [1.29, 1.82) is 0 Å². The third kappa shape index (κ3) is 2.31. The standard InChI is InChI=1S/C24H31FO6/c1-20(2)30-19-10-16-15-6-5-13-9-14(27)7-8-21(13,3)23(15,25)17(28)11-22(16,4)24(19,31-20)18(29)12-26/h7-9,15-17,19,26,28H,5-6,10-12H2,1-4H3/t15?,16?,17?,19?,21-,22-,23-,24+/m0/s1. The lowest BCUT2D eigenvalue weighted by atomic mass is 9.44. The number of carbonyl (C=O) groups excluding carboxylic acids is 2. The summed E-state index contributed by atoms with van der Waals surface area (Å²) < 4.78 is 29.5. The fourth-order valence-corrected chi connectivity index (χ4v) is 7.93. The van der Waals surface area contributed by atoms with Gasteiger partial charge in [0.2, 0.25) is 0 Å². The van der Waals surface area contributed by atoms with Crippen LogP contribution in [-0.2, 0) is 19.1 Å². The van der Waals surface area contributed by atoms with E-state index in [9.17, 15) is 19.8 Å². The van der Waals surface area contributed by atoms with Gasteiger partial charge in [-0.1, -0.05) is 18.6 Å². The Morgan fingerprint density at radius 3 is 2.65 bits per heavy atom. The fourth-order valence-electron chi connectivity index (χ4n) is 7.93. The Balaban J connectivity index is 1.64. The molecule has 0 radical (unpaired) electrons. The third-order valence-corrected chi connectivity index (χ3v) is 9.19. The number of ether oxygens (including phenoxy) is 2. The van der Waals surface area contributed by atoms with E-state index in [2.05, 4.69) is 0 Å². The molecule has 4 unspecified atom stereocenters. The largest absolute Gasteiger partial charge is 0.390 e. The number of carbonyl (C=O) groups is 2. The smallest absolute Gasteiger partial charge is 0.193 e. The van der Waals surface area contributed by atoms with Gasteiger partial charge < -0.3 is 19.7 Å². The zero-order valence-corrected chi connectivity index (χ0v) is 18.5. The summed E-state index contributed by atoms with van der Waals surface area (Å²) in [7, 11) is 0. The van der Waals surface area contributed by atoms with Gasteiger partial charge in [-0.25, -0.2) is 4.39 Å². The molecule has 31 heavy (non-hydrogen) atoms. The minimum atomic E-state index is -1.98. The normalized spacial score (nSPS) is 52.1. The van der Waals surface area contributed by atoms with Gasteiger partial charge in [-0.05, 0) is 64.5 Å². The Kier molecular flexibility index (Phi) is 4.24. The summed E-state index contributed by atoms with van der Waals surface area (Å²) in [6.07, 6.45) is 4.00. The molecule has 6 nitrogen and oxygen atoms in total. The molecule has 5 aliphatic rings. The molecule has 2 N–H and O–H groups in total. The molecule has 7 heteroatoms. The number of hydrogen-bond donors (Lipinski definition) is 2. The maximum Gasteiger partial charge on any atom is 0.193 e. The number of alkyl halides is 1. The van der Waals surface area contributed by atoms with Crippen LogP contribution in [0.4, 0.5) is 4.39 Å². The molecule has 1 heterocycles. The van der Waals surface area contributed by atoms with Gasteiger partial charge in [-0.15, -0.1) is 0 Å². The fraction of sp³-hybridized carbons (Fsp3) is 0.750. The SMILES string of the molecule is CC1(C)OC2CC3C4CCC5=CC(=O)C=C[C@]5(C)[C@@]4(F)C(O)C[C@]3(C)[C@]2(C(=O)CO)O1. The molecule has 170 valence electrons. The Labute approximate surface area is 181 Å². The van der Waals surface area contributed by atoms with E-state index in [-0.39, 0.29) is 18.1 Å². The molecular formula is C24H31FO6. The number of allylic oxidation sites excluding steroid dienone is 4. The lowest BCUT2D eigenvalue weighted by Crippen LogP contribution is -2.70. The summed E-state index contributed by atoms with van der Waals surface area (Å²) in [5.41, 5.74) is -4.66. The first-order valence-electron chi connectivity index (χ1n) is 11.2. The quantitative estimate of drug-likeness (QED) is 0.694. The van der Waals surface area contributed by atoms with Gasteiger partial charge in [0, 0.05) is 16.7 Å². The van der Waals surface area contributed by atoms with Gasteiger partial charge in [-0.2, -0.15) is 0 Å². The predicted molar refractivity (Wildman–Crippen MR) is 109 cm³/mol. The second kappa shape index (κ2) is 6.13. The van der Waals surface area contributed by atoms with Crippen molar-refractivity contribution >= 4 is 11.6 Å². The highest BCUT2D eigenvalue weighted by atomic mass is 19.1. The molecule has 8 atom stereocenters. The average Bonchev–Trinajstić information content (AvgIpc) is 3.09. The zero-order chi connectivity index (χ0) is 22.6. The first-order valence-corrected chi connectivity index (χ1v) is 11.2. The molecule has 1 aliphatic heterocycles. The van der Waals surface area contributed by atoms with Crippen LogP contribution in [0.25, 0.3) is 0 Å². The van der Waals surface area contributed by atoms with Gasteiger partial charge in [-0.3, -0.25) is 9.59 Å². The molecule has 4 fully saturated rings. The summed E-state index contributed by atoms with van der Waals surface area (Å²) in [6.45, 7) is 6.41. The Morgan fingerprint density at radius 1 is 1.26 bits per heavy atom. The summed E-state index contributed by atoms with van der Waals surface area (Å²) >= 11 is 0. The number of rotatable bonds is 2. The van der Waals surface area contributed by atoms with E-state index in [1.165, 1.54) is 12.2 Å². The summed E-state index contributed by atoms with van der Waals surface area (Å²) in [6, 6.07) is 0. The Bertz CT molecular complexity index is 925. The molecule has 3 saturated carbocycles. The van der Waals surface area contributed by atoms with E-state index >= 15 is 4.39 Å². The maximum absolute atomic E-state index is 17.1. The van der Waals surface area contributed by atoms with E-state index < -0.39 is 58.4 Å². The van der Waals surface area contributed by atoms with Crippen molar-refractivity contribution in [2.24, 2.45) is 22.7 Å². The Morgan fingerprint density at radius 2 is 1.97 bits per heavy atom. The monoisotopic (exact) mass is 434 g/mol. The summed E-state index contributed by atoms with van der Waals surface area (Å²) in [4.78, 5) is 25.1. The number of aliphatic hydroxyl groups excluding tert-OH is 2. The highest BCUT2D eigenvalue weighted by Crippen LogP contribution is 2.72. The first kappa shape index (κ1) is 21.4. The van der Waals surface area contributed by atoms with E-state index in [4.69, 9.17) is 9.47 Å². The van der Waals surface area contributed by atoms with Crippen molar-refractivity contribution in [3.63, 3.8) is 0 Å². The van der Waals surface area contributed by atoms with Crippen LogP contribution in [0, 0.1) is 22.7 Å². The molecule has 5 rings (SSSR count). The van der Waals surface area contributed by atoms with Gasteiger partial charge in [0.15, 0.2) is 28.6 Å². The van der Waals surface area contributed by atoms with Crippen LogP contribution in [0.2, 0.25) is 0 Å². The number of aliphatic hydroxyl groups is 2. The van der Waals surface area contributed by atoms with Crippen LogP contribution in [-0.4, -0.2) is 57.7 Å². The Hall–Kier alpha value is -1.41. The number of Topliss-reactive ketones (excluding diaryl/α,β-unsaturated/α-hetero) is 1. The number of ketones is 2. The molecule has 4 aliphatic carbocycles. The van der Waals surface area contributed by atoms with Crippen molar-refractivity contribution in [3.8, 4) is 0 Å². The van der Waals surface area contributed by atoms with E-state index in [1.807, 2.05) is 6.92 Å². The highest BCUT2D eigenvalue weighted by molar-refractivity contribution is 6.01. The highest BCUT2D eigenvalue weighted by Gasteiger charge is 2.79. The van der Waals surface area contributed by atoms with Crippen molar-refractivity contribution in [1.82, 2.24) is 0 Å². The molecule has 0 bridgehead atoms. The van der Waals surface area contributed by atoms with Gasteiger partial charge >= 0.3 is 0 Å². The number of halogens is 1. The minimum Gasteiger partial charge on any atom is -0.390 e. The lowest BCUT2D eigenvalue weighted by molar-refractivity contribution is -0.246. The van der Waals surface area contributed by atoms with Crippen molar-refractivity contribution in [2.45, 2.75) is 82.6 Å². The van der Waals surface area contributed by atoms with Crippen molar-refractivity contribution in [2.75, 3.05) is 6.61 Å². The average molecular weight is 435 g/mol. The number of hydrogen-bond acceptors (Lipinski definition) is 6. The molecule has 0 aromatic heterocycles. The van der Waals surface area contributed by atoms with Crippen LogP contribution in [0.3, 0.4) is 0 Å². The molecule has 0 aromatic carbocycles. The van der Waals surface area contributed by atoms with Gasteiger partial charge in [0.1, 0.15) is 6.61 Å². The first-order chi connectivity index (χ1) is 14.4. The number of fused-ring (bicyclic) bond motifs is 7. The van der Waals surface area contributed by atoms with E-state index in [0.29, 0.717) is 19.3 Å². The molecule has 1 saturated heterocycles.